The minimum Gasteiger partial charge on any atom is -0.371 e. The predicted octanol–water partition coefficient (Wildman–Crippen LogP) is 4.43. The van der Waals surface area contributed by atoms with Gasteiger partial charge in [0.2, 0.25) is 0 Å². The van der Waals surface area contributed by atoms with Gasteiger partial charge in [-0.15, -0.1) is 11.3 Å². The van der Waals surface area contributed by atoms with Crippen LogP contribution in [-0.4, -0.2) is 59.1 Å². The van der Waals surface area contributed by atoms with Gasteiger partial charge in [0.15, 0.2) is 0 Å². The van der Waals surface area contributed by atoms with Crippen molar-refractivity contribution in [2.75, 3.05) is 32.8 Å². The van der Waals surface area contributed by atoms with Gasteiger partial charge in [-0.05, 0) is 30.5 Å². The molecule has 0 aliphatic carbocycles. The van der Waals surface area contributed by atoms with E-state index in [1.54, 1.807) is 11.3 Å². The maximum absolute atomic E-state index is 13.0. The normalized spacial score (nSPS) is 19.8. The van der Waals surface area contributed by atoms with Crippen molar-refractivity contribution in [1.82, 2.24) is 14.8 Å². The Bertz CT molecular complexity index is 844. The fourth-order valence-corrected chi connectivity index (χ4v) is 5.04. The molecule has 1 amide bonds. The molecule has 2 fully saturated rings. The molecule has 1 aromatic carbocycles. The summed E-state index contributed by atoms with van der Waals surface area (Å²) in [5.41, 5.74) is 1.63. The van der Waals surface area contributed by atoms with Crippen molar-refractivity contribution in [2.45, 2.75) is 44.8 Å². The number of benzene rings is 1. The first-order valence-electron chi connectivity index (χ1n) is 10.3. The molecular formula is C22H28ClN3O2S. The monoisotopic (exact) mass is 433 g/mol. The Labute approximate surface area is 181 Å². The highest BCUT2D eigenvalue weighted by Gasteiger charge is 2.41. The lowest BCUT2D eigenvalue weighted by Crippen LogP contribution is -2.58. The summed E-state index contributed by atoms with van der Waals surface area (Å²) in [6.45, 7) is 8.98. The van der Waals surface area contributed by atoms with Gasteiger partial charge in [-0.2, -0.15) is 0 Å². The molecule has 2 saturated heterocycles. The highest BCUT2D eigenvalue weighted by molar-refractivity contribution is 7.09. The van der Waals surface area contributed by atoms with E-state index >= 15 is 0 Å². The first kappa shape index (κ1) is 20.8. The van der Waals surface area contributed by atoms with Crippen LogP contribution in [0.2, 0.25) is 5.02 Å². The van der Waals surface area contributed by atoms with Gasteiger partial charge in [0.1, 0.15) is 5.69 Å². The van der Waals surface area contributed by atoms with Crippen LogP contribution < -0.4 is 0 Å². The second-order valence-corrected chi connectivity index (χ2v) is 9.71. The molecule has 2 aliphatic rings. The van der Waals surface area contributed by atoms with E-state index in [0.717, 1.165) is 42.5 Å². The topological polar surface area (TPSA) is 45.7 Å². The molecule has 156 valence electrons. The van der Waals surface area contributed by atoms with Crippen LogP contribution in [0, 0.1) is 0 Å². The SMILES string of the molecule is CC(C)c1nc(C(=O)N2CCOC3(CCN(Cc4ccc(Cl)cc4)CC3)C2)cs1. The molecule has 2 aliphatic heterocycles. The number of amides is 1. The number of aromatic nitrogens is 1. The predicted molar refractivity (Wildman–Crippen MR) is 117 cm³/mol. The molecule has 7 heteroatoms. The van der Waals surface area contributed by atoms with Gasteiger partial charge in [0.05, 0.1) is 23.8 Å². The zero-order valence-electron chi connectivity index (χ0n) is 17.1. The smallest absolute Gasteiger partial charge is 0.273 e. The summed E-state index contributed by atoms with van der Waals surface area (Å²) in [4.78, 5) is 21.9. The van der Waals surface area contributed by atoms with E-state index in [9.17, 15) is 4.79 Å². The van der Waals surface area contributed by atoms with Crippen molar-refractivity contribution in [1.29, 1.82) is 0 Å². The van der Waals surface area contributed by atoms with Gasteiger partial charge in [0.25, 0.3) is 5.91 Å². The lowest BCUT2D eigenvalue weighted by atomic mass is 9.89. The van der Waals surface area contributed by atoms with E-state index in [4.69, 9.17) is 16.3 Å². The van der Waals surface area contributed by atoms with E-state index < -0.39 is 0 Å². The largest absolute Gasteiger partial charge is 0.371 e. The summed E-state index contributed by atoms with van der Waals surface area (Å²) in [6.07, 6.45) is 1.89. The van der Waals surface area contributed by atoms with E-state index in [-0.39, 0.29) is 11.5 Å². The van der Waals surface area contributed by atoms with Crippen molar-refractivity contribution in [2.24, 2.45) is 0 Å². The lowest BCUT2D eigenvalue weighted by Gasteiger charge is -2.47. The number of hydrogen-bond donors (Lipinski definition) is 0. The van der Waals surface area contributed by atoms with Crippen molar-refractivity contribution < 1.29 is 9.53 Å². The van der Waals surface area contributed by atoms with Crippen LogP contribution in [0.25, 0.3) is 0 Å². The second kappa shape index (κ2) is 8.72. The molecule has 1 aromatic heterocycles. The summed E-state index contributed by atoms with van der Waals surface area (Å²) < 4.78 is 6.22. The number of carbonyl (C=O) groups is 1. The Morgan fingerprint density at radius 2 is 1.97 bits per heavy atom. The Balaban J connectivity index is 1.35. The van der Waals surface area contributed by atoms with Crippen molar-refractivity contribution in [3.05, 3.63) is 50.9 Å². The molecule has 0 N–H and O–H groups in total. The summed E-state index contributed by atoms with van der Waals surface area (Å²) in [6, 6.07) is 8.06. The molecule has 0 unspecified atom stereocenters. The molecule has 2 aromatic rings. The quantitative estimate of drug-likeness (QED) is 0.715. The molecular weight excluding hydrogens is 406 g/mol. The summed E-state index contributed by atoms with van der Waals surface area (Å²) >= 11 is 7.56. The van der Waals surface area contributed by atoms with Gasteiger partial charge in [-0.25, -0.2) is 4.98 Å². The number of ether oxygens (including phenoxy) is 1. The molecule has 0 radical (unpaired) electrons. The highest BCUT2D eigenvalue weighted by Crippen LogP contribution is 2.32. The van der Waals surface area contributed by atoms with Crippen molar-refractivity contribution >= 4 is 28.8 Å². The summed E-state index contributed by atoms with van der Waals surface area (Å²) in [5, 5.41) is 3.69. The van der Waals surface area contributed by atoms with Gasteiger partial charge in [0, 0.05) is 42.5 Å². The van der Waals surface area contributed by atoms with E-state index in [1.165, 1.54) is 5.56 Å². The maximum Gasteiger partial charge on any atom is 0.273 e. The third-order valence-corrected chi connectivity index (χ3v) is 7.25. The number of piperidine rings is 1. The third-order valence-electron chi connectivity index (χ3n) is 5.86. The van der Waals surface area contributed by atoms with Crippen LogP contribution in [0.5, 0.6) is 0 Å². The zero-order chi connectivity index (χ0) is 20.4. The number of hydrogen-bond acceptors (Lipinski definition) is 5. The van der Waals surface area contributed by atoms with E-state index in [2.05, 4.69) is 35.9 Å². The average molecular weight is 434 g/mol. The minimum absolute atomic E-state index is 0.0411. The third kappa shape index (κ3) is 4.82. The molecule has 3 heterocycles. The summed E-state index contributed by atoms with van der Waals surface area (Å²) in [7, 11) is 0. The highest BCUT2D eigenvalue weighted by atomic mass is 35.5. The van der Waals surface area contributed by atoms with Crippen LogP contribution in [0.4, 0.5) is 0 Å². The number of rotatable bonds is 4. The number of halogens is 1. The Kier molecular flexibility index (Phi) is 6.25. The molecule has 0 bridgehead atoms. The van der Waals surface area contributed by atoms with Crippen LogP contribution in [0.1, 0.15) is 53.7 Å². The molecule has 0 saturated carbocycles. The van der Waals surface area contributed by atoms with Gasteiger partial charge in [-0.3, -0.25) is 9.69 Å². The van der Waals surface area contributed by atoms with Crippen LogP contribution >= 0.6 is 22.9 Å². The van der Waals surface area contributed by atoms with Gasteiger partial charge in [-0.1, -0.05) is 37.6 Å². The van der Waals surface area contributed by atoms with Crippen LogP contribution in [0.3, 0.4) is 0 Å². The number of likely N-dealkylation sites (tertiary alicyclic amines) is 1. The second-order valence-electron chi connectivity index (χ2n) is 8.39. The van der Waals surface area contributed by atoms with Crippen molar-refractivity contribution in [3.8, 4) is 0 Å². The zero-order valence-corrected chi connectivity index (χ0v) is 18.6. The van der Waals surface area contributed by atoms with Gasteiger partial charge < -0.3 is 9.64 Å². The number of morpholine rings is 1. The number of nitrogens with zero attached hydrogens (tertiary/aromatic N) is 3. The lowest BCUT2D eigenvalue weighted by molar-refractivity contribution is -0.128. The van der Waals surface area contributed by atoms with E-state index in [1.807, 2.05) is 22.4 Å². The standard InChI is InChI=1S/C22H28ClN3O2S/c1-16(2)20-24-19(14-29-20)21(27)26-11-12-28-22(15-26)7-9-25(10-8-22)13-17-3-5-18(23)6-4-17/h3-6,14,16H,7-13,15H2,1-2H3. The van der Waals surface area contributed by atoms with Crippen LogP contribution in [-0.2, 0) is 11.3 Å². The molecule has 29 heavy (non-hydrogen) atoms. The van der Waals surface area contributed by atoms with Crippen molar-refractivity contribution in [3.63, 3.8) is 0 Å². The fourth-order valence-electron chi connectivity index (χ4n) is 4.10. The molecule has 1 spiro atoms. The summed E-state index contributed by atoms with van der Waals surface area (Å²) in [5.74, 6) is 0.391. The maximum atomic E-state index is 13.0. The number of carbonyl (C=O) groups excluding carboxylic acids is 1. The molecule has 0 atom stereocenters. The van der Waals surface area contributed by atoms with E-state index in [0.29, 0.717) is 31.3 Å². The van der Waals surface area contributed by atoms with Crippen LogP contribution in [0.15, 0.2) is 29.6 Å². The average Bonchev–Trinajstić information content (AvgIpc) is 3.22. The fraction of sp³-hybridized carbons (Fsp3) is 0.545. The Morgan fingerprint density at radius 3 is 2.62 bits per heavy atom. The molecule has 5 nitrogen and oxygen atoms in total. The Hall–Kier alpha value is -1.47. The Morgan fingerprint density at radius 1 is 1.24 bits per heavy atom. The first-order chi connectivity index (χ1) is 13.9. The number of thiazole rings is 1. The minimum atomic E-state index is -0.221. The van der Waals surface area contributed by atoms with Gasteiger partial charge >= 0.3 is 0 Å². The first-order valence-corrected chi connectivity index (χ1v) is 11.6. The molecule has 4 rings (SSSR count).